The van der Waals surface area contributed by atoms with Crippen LogP contribution >= 0.6 is 0 Å². The van der Waals surface area contributed by atoms with Crippen molar-refractivity contribution < 1.29 is 0 Å². The van der Waals surface area contributed by atoms with E-state index in [-0.39, 0.29) is 0 Å². The number of rotatable bonds is 29. The summed E-state index contributed by atoms with van der Waals surface area (Å²) in [5.74, 6) is 2.06. The molecule has 0 aliphatic rings. The van der Waals surface area contributed by atoms with Crippen LogP contribution in [0.25, 0.3) is 0 Å². The first-order valence-corrected chi connectivity index (χ1v) is 17.8. The summed E-state index contributed by atoms with van der Waals surface area (Å²) in [6.07, 6.45) is 42.3. The molecule has 1 aromatic rings. The largest absolute Gasteiger partial charge is 0.332 e. The molecule has 1 aromatic heterocycles. The zero-order valence-corrected chi connectivity index (χ0v) is 26.8. The lowest BCUT2D eigenvalue weighted by atomic mass is 9.92. The number of aromatic nitrogens is 2. The van der Waals surface area contributed by atoms with Gasteiger partial charge in [0, 0.05) is 24.4 Å². The summed E-state index contributed by atoms with van der Waals surface area (Å²) in [7, 11) is 0. The first kappa shape index (κ1) is 35.2. The Morgan fingerprint density at radius 1 is 0.500 bits per heavy atom. The van der Waals surface area contributed by atoms with Crippen LogP contribution in [0.3, 0.4) is 0 Å². The van der Waals surface area contributed by atoms with Gasteiger partial charge in [0.2, 0.25) is 0 Å². The molecule has 2 heteroatoms. The summed E-state index contributed by atoms with van der Waals surface area (Å²) in [4.78, 5) is 4.98. The fraction of sp³-hybridized carbons (Fsp3) is 0.917. The van der Waals surface area contributed by atoms with Crippen LogP contribution in [0.5, 0.6) is 0 Å². The molecule has 0 aliphatic carbocycles. The van der Waals surface area contributed by atoms with E-state index in [9.17, 15) is 0 Å². The van der Waals surface area contributed by atoms with Gasteiger partial charge in [0.15, 0.2) is 0 Å². The minimum absolute atomic E-state index is 0.590. The predicted molar refractivity (Wildman–Crippen MR) is 171 cm³/mol. The van der Waals surface area contributed by atoms with Gasteiger partial charge in [-0.1, -0.05) is 175 Å². The van der Waals surface area contributed by atoms with Gasteiger partial charge in [0.25, 0.3) is 0 Å². The van der Waals surface area contributed by atoms with Gasteiger partial charge in [-0.25, -0.2) is 4.98 Å². The van der Waals surface area contributed by atoms with E-state index in [1.54, 1.807) is 0 Å². The zero-order chi connectivity index (χ0) is 27.5. The van der Waals surface area contributed by atoms with Gasteiger partial charge in [0.1, 0.15) is 5.82 Å². The first-order valence-electron chi connectivity index (χ1n) is 17.8. The van der Waals surface area contributed by atoms with Gasteiger partial charge < -0.3 is 4.57 Å². The Morgan fingerprint density at radius 2 is 0.842 bits per heavy atom. The second-order valence-electron chi connectivity index (χ2n) is 12.5. The third kappa shape index (κ3) is 18.5. The van der Waals surface area contributed by atoms with Crippen molar-refractivity contribution in [3.63, 3.8) is 0 Å². The molecule has 0 spiro atoms. The Kier molecular flexibility index (Phi) is 24.5. The van der Waals surface area contributed by atoms with Crippen molar-refractivity contribution in [1.29, 1.82) is 0 Å². The van der Waals surface area contributed by atoms with Gasteiger partial charge in [-0.2, -0.15) is 0 Å². The van der Waals surface area contributed by atoms with E-state index in [4.69, 9.17) is 4.98 Å². The summed E-state index contributed by atoms with van der Waals surface area (Å²) in [5.41, 5.74) is 0. The highest BCUT2D eigenvalue weighted by Crippen LogP contribution is 2.30. The van der Waals surface area contributed by atoms with E-state index in [0.29, 0.717) is 12.0 Å². The molecule has 0 N–H and O–H groups in total. The third-order valence-electron chi connectivity index (χ3n) is 8.83. The number of hydrogen-bond acceptors (Lipinski definition) is 1. The predicted octanol–water partition coefficient (Wildman–Crippen LogP) is 13.1. The Hall–Kier alpha value is -0.790. The number of nitrogens with zero attached hydrogens (tertiary/aromatic N) is 2. The molecule has 0 aromatic carbocycles. The fourth-order valence-electron chi connectivity index (χ4n) is 6.18. The van der Waals surface area contributed by atoms with Crippen molar-refractivity contribution in [2.45, 2.75) is 213 Å². The number of hydrogen-bond donors (Lipinski definition) is 0. The Labute approximate surface area is 240 Å². The van der Waals surface area contributed by atoms with Gasteiger partial charge in [-0.15, -0.1) is 0 Å². The summed E-state index contributed by atoms with van der Waals surface area (Å²) in [6, 6.07) is 0.590. The van der Waals surface area contributed by atoms with Crippen molar-refractivity contribution in [2.24, 2.45) is 0 Å². The molecule has 1 unspecified atom stereocenters. The Morgan fingerprint density at radius 3 is 1.24 bits per heavy atom. The van der Waals surface area contributed by atoms with E-state index >= 15 is 0 Å². The van der Waals surface area contributed by atoms with E-state index in [2.05, 4.69) is 44.7 Å². The monoisotopic (exact) mass is 531 g/mol. The van der Waals surface area contributed by atoms with Crippen LogP contribution in [0, 0.1) is 0 Å². The lowest BCUT2D eigenvalue weighted by Crippen LogP contribution is -2.13. The molecule has 0 fully saturated rings. The first-order chi connectivity index (χ1) is 18.7. The topological polar surface area (TPSA) is 17.8 Å². The van der Waals surface area contributed by atoms with Crippen LogP contribution in [0.4, 0.5) is 0 Å². The minimum Gasteiger partial charge on any atom is -0.332 e. The van der Waals surface area contributed by atoms with Crippen molar-refractivity contribution in [3.05, 3.63) is 18.2 Å². The quantitative estimate of drug-likeness (QED) is 0.0941. The molecule has 38 heavy (non-hydrogen) atoms. The molecule has 1 rings (SSSR count). The highest BCUT2D eigenvalue weighted by atomic mass is 15.1. The number of unbranched alkanes of at least 4 members (excludes halogenated alkanes) is 21. The van der Waals surface area contributed by atoms with Crippen LogP contribution < -0.4 is 0 Å². The molecular formula is C36H70N2. The normalized spacial score (nSPS) is 12.6. The van der Waals surface area contributed by atoms with Gasteiger partial charge in [-0.3, -0.25) is 0 Å². The molecule has 0 saturated heterocycles. The number of imidazole rings is 1. The maximum Gasteiger partial charge on any atom is 0.111 e. The van der Waals surface area contributed by atoms with E-state index in [1.807, 2.05) is 0 Å². The van der Waals surface area contributed by atoms with Crippen molar-refractivity contribution in [1.82, 2.24) is 9.55 Å². The third-order valence-corrected chi connectivity index (χ3v) is 8.83. The summed E-state index contributed by atoms with van der Waals surface area (Å²) in [5, 5.41) is 0. The van der Waals surface area contributed by atoms with Gasteiger partial charge >= 0.3 is 0 Å². The maximum atomic E-state index is 4.98. The highest BCUT2D eigenvalue weighted by Gasteiger charge is 2.19. The Bertz CT molecular complexity index is 574. The van der Waals surface area contributed by atoms with Crippen LogP contribution in [-0.2, 0) is 0 Å². The molecule has 224 valence electrons. The van der Waals surface area contributed by atoms with Crippen LogP contribution in [0.2, 0.25) is 0 Å². The van der Waals surface area contributed by atoms with Crippen molar-refractivity contribution in [3.8, 4) is 0 Å². The summed E-state index contributed by atoms with van der Waals surface area (Å²) >= 11 is 0. The molecule has 0 aliphatic heterocycles. The highest BCUT2D eigenvalue weighted by molar-refractivity contribution is 5.02. The standard InChI is InChI=1S/C36H70N2/c1-5-8-11-14-17-18-19-22-23-26-29-34(4)38-33-32-37-36(38)35(30-27-24-20-15-12-9-6-2)31-28-25-21-16-13-10-7-3/h32-35H,5-31H2,1-4H3. The van der Waals surface area contributed by atoms with Gasteiger partial charge in [0.05, 0.1) is 0 Å². The lowest BCUT2D eigenvalue weighted by Gasteiger charge is -2.22. The summed E-state index contributed by atoms with van der Waals surface area (Å²) in [6.45, 7) is 9.38. The van der Waals surface area contributed by atoms with E-state index in [1.165, 1.54) is 179 Å². The molecule has 0 radical (unpaired) electrons. The average Bonchev–Trinajstić information content (AvgIpc) is 3.42. The van der Waals surface area contributed by atoms with Crippen LogP contribution in [0.1, 0.15) is 219 Å². The second kappa shape index (κ2) is 26.4. The van der Waals surface area contributed by atoms with Gasteiger partial charge in [-0.05, 0) is 26.2 Å². The SMILES string of the molecule is CCCCCCCCCCCCC(C)n1ccnc1C(CCCCCCCCC)CCCCCCCCC. The second-order valence-corrected chi connectivity index (χ2v) is 12.5. The zero-order valence-electron chi connectivity index (χ0n) is 26.8. The maximum absolute atomic E-state index is 4.98. The molecule has 0 bridgehead atoms. The molecule has 2 nitrogen and oxygen atoms in total. The lowest BCUT2D eigenvalue weighted by molar-refractivity contribution is 0.412. The molecule has 1 atom stereocenters. The molecule has 0 amide bonds. The van der Waals surface area contributed by atoms with Crippen LogP contribution in [-0.4, -0.2) is 9.55 Å². The average molecular weight is 531 g/mol. The fourth-order valence-corrected chi connectivity index (χ4v) is 6.18. The molecule has 0 saturated carbocycles. The van der Waals surface area contributed by atoms with Crippen LogP contribution in [0.15, 0.2) is 12.4 Å². The Balaban J connectivity index is 2.44. The molecular weight excluding hydrogens is 460 g/mol. The molecule has 1 heterocycles. The minimum atomic E-state index is 0.590. The van der Waals surface area contributed by atoms with E-state index < -0.39 is 0 Å². The van der Waals surface area contributed by atoms with E-state index in [0.717, 1.165) is 0 Å². The smallest absolute Gasteiger partial charge is 0.111 e. The van der Waals surface area contributed by atoms with Crippen molar-refractivity contribution in [2.75, 3.05) is 0 Å². The summed E-state index contributed by atoms with van der Waals surface area (Å²) < 4.78 is 2.57. The van der Waals surface area contributed by atoms with Crippen molar-refractivity contribution >= 4 is 0 Å².